The van der Waals surface area contributed by atoms with Crippen LogP contribution in [-0.2, 0) is 0 Å². The Bertz CT molecular complexity index is 619. The van der Waals surface area contributed by atoms with Gasteiger partial charge in [0.1, 0.15) is 10.9 Å². The van der Waals surface area contributed by atoms with Crippen molar-refractivity contribution in [1.82, 2.24) is 15.0 Å². The summed E-state index contributed by atoms with van der Waals surface area (Å²) in [5.41, 5.74) is 8.84. The molecular formula is C13H15N5S. The highest BCUT2D eigenvalue weighted by atomic mass is 32.2. The van der Waals surface area contributed by atoms with E-state index in [1.54, 1.807) is 12.1 Å². The second-order valence-electron chi connectivity index (χ2n) is 4.28. The van der Waals surface area contributed by atoms with E-state index in [1.165, 1.54) is 11.8 Å². The van der Waals surface area contributed by atoms with Crippen molar-refractivity contribution in [3.63, 3.8) is 0 Å². The minimum atomic E-state index is 0.0358. The second kappa shape index (κ2) is 5.36. The third-order valence-corrected chi connectivity index (χ3v) is 3.18. The van der Waals surface area contributed by atoms with Crippen molar-refractivity contribution in [1.29, 1.82) is 5.41 Å². The number of hydrogen-bond acceptors (Lipinski definition) is 5. The maximum Gasteiger partial charge on any atom is 0.194 e. The van der Waals surface area contributed by atoms with E-state index in [9.17, 15) is 0 Å². The van der Waals surface area contributed by atoms with Gasteiger partial charge in [-0.1, -0.05) is 0 Å². The van der Waals surface area contributed by atoms with E-state index in [0.29, 0.717) is 10.7 Å². The fourth-order valence-electron chi connectivity index (χ4n) is 1.68. The molecule has 0 amide bonds. The van der Waals surface area contributed by atoms with Crippen LogP contribution in [0.25, 0.3) is 0 Å². The molecule has 6 heteroatoms. The van der Waals surface area contributed by atoms with E-state index in [-0.39, 0.29) is 5.84 Å². The summed E-state index contributed by atoms with van der Waals surface area (Å²) in [7, 11) is 0. The van der Waals surface area contributed by atoms with Crippen molar-refractivity contribution >= 4 is 17.6 Å². The van der Waals surface area contributed by atoms with E-state index >= 15 is 0 Å². The minimum absolute atomic E-state index is 0.0358. The zero-order chi connectivity index (χ0) is 14.0. The molecule has 3 N–H and O–H groups in total. The molecule has 2 heterocycles. The van der Waals surface area contributed by atoms with Gasteiger partial charge in [-0.2, -0.15) is 0 Å². The maximum atomic E-state index is 7.49. The van der Waals surface area contributed by atoms with Crippen LogP contribution in [0.5, 0.6) is 0 Å². The van der Waals surface area contributed by atoms with Gasteiger partial charge in [0.05, 0.1) is 0 Å². The molecule has 0 fully saturated rings. The van der Waals surface area contributed by atoms with Crippen LogP contribution in [0.15, 0.2) is 28.4 Å². The third-order valence-electron chi connectivity index (χ3n) is 2.40. The van der Waals surface area contributed by atoms with E-state index in [1.807, 2.05) is 26.8 Å². The predicted octanol–water partition coefficient (Wildman–Crippen LogP) is 2.23. The van der Waals surface area contributed by atoms with Gasteiger partial charge in [0.2, 0.25) is 0 Å². The van der Waals surface area contributed by atoms with Gasteiger partial charge < -0.3 is 5.73 Å². The summed E-state index contributed by atoms with van der Waals surface area (Å²) < 4.78 is 0. The van der Waals surface area contributed by atoms with Gasteiger partial charge in [0.25, 0.3) is 0 Å². The van der Waals surface area contributed by atoms with Crippen LogP contribution < -0.4 is 5.73 Å². The Hall–Kier alpha value is -1.95. The Labute approximate surface area is 116 Å². The molecular weight excluding hydrogens is 258 g/mol. The summed E-state index contributed by atoms with van der Waals surface area (Å²) in [6.45, 7) is 5.74. The normalized spacial score (nSPS) is 10.5. The Morgan fingerprint density at radius 2 is 1.58 bits per heavy atom. The van der Waals surface area contributed by atoms with Crippen molar-refractivity contribution in [2.24, 2.45) is 5.73 Å². The number of pyridine rings is 1. The highest BCUT2D eigenvalue weighted by Crippen LogP contribution is 2.24. The number of hydrogen-bond donors (Lipinski definition) is 2. The first kappa shape index (κ1) is 13.5. The molecule has 0 atom stereocenters. The zero-order valence-corrected chi connectivity index (χ0v) is 11.9. The van der Waals surface area contributed by atoms with Crippen molar-refractivity contribution in [2.75, 3.05) is 0 Å². The molecule has 0 aromatic carbocycles. The molecule has 0 aliphatic heterocycles. The van der Waals surface area contributed by atoms with Crippen molar-refractivity contribution in [3.05, 3.63) is 40.8 Å². The first-order valence-corrected chi connectivity index (χ1v) is 6.59. The van der Waals surface area contributed by atoms with Gasteiger partial charge in [-0.25, -0.2) is 15.0 Å². The number of nitrogen functional groups attached to an aromatic ring is 1. The lowest BCUT2D eigenvalue weighted by atomic mass is 10.2. The molecule has 5 nitrogen and oxygen atoms in total. The van der Waals surface area contributed by atoms with Gasteiger partial charge in [-0.15, -0.1) is 0 Å². The molecule has 0 saturated carbocycles. The van der Waals surface area contributed by atoms with Crippen LogP contribution in [0.4, 0.5) is 0 Å². The summed E-state index contributed by atoms with van der Waals surface area (Å²) in [6.07, 6.45) is 0. The van der Waals surface area contributed by atoms with Crippen LogP contribution >= 0.6 is 11.8 Å². The molecule has 0 bridgehead atoms. The molecule has 2 aromatic heterocycles. The number of nitrogens with zero attached hydrogens (tertiary/aromatic N) is 3. The standard InChI is InChI=1S/C13H15N5S/c1-7-4-8(2)18-13(17-7)19-11-6-10(12(14)15)5-9(3)16-11/h4-6H,1-3H3,(H3,14,15). The smallest absolute Gasteiger partial charge is 0.194 e. The molecule has 98 valence electrons. The maximum absolute atomic E-state index is 7.49. The molecule has 2 rings (SSSR count). The lowest BCUT2D eigenvalue weighted by Crippen LogP contribution is -2.11. The van der Waals surface area contributed by atoms with Crippen LogP contribution in [0.1, 0.15) is 22.6 Å². The molecule has 0 aliphatic rings. The number of aryl methyl sites for hydroxylation is 3. The zero-order valence-electron chi connectivity index (χ0n) is 11.1. The van der Waals surface area contributed by atoms with Crippen LogP contribution in [0.2, 0.25) is 0 Å². The van der Waals surface area contributed by atoms with Crippen LogP contribution in [-0.4, -0.2) is 20.8 Å². The highest BCUT2D eigenvalue weighted by molar-refractivity contribution is 7.99. The minimum Gasteiger partial charge on any atom is -0.384 e. The summed E-state index contributed by atoms with van der Waals surface area (Å²) in [6, 6.07) is 5.49. The van der Waals surface area contributed by atoms with Crippen molar-refractivity contribution < 1.29 is 0 Å². The lowest BCUT2D eigenvalue weighted by molar-refractivity contribution is 0.897. The Balaban J connectivity index is 2.35. The topological polar surface area (TPSA) is 88.5 Å². The largest absolute Gasteiger partial charge is 0.384 e. The molecule has 0 aliphatic carbocycles. The SMILES string of the molecule is Cc1cc(C(=N)N)cc(Sc2nc(C)cc(C)n2)n1. The monoisotopic (exact) mass is 273 g/mol. The lowest BCUT2D eigenvalue weighted by Gasteiger charge is -2.05. The third kappa shape index (κ3) is 3.51. The van der Waals surface area contributed by atoms with Gasteiger partial charge in [-0.3, -0.25) is 5.41 Å². The van der Waals surface area contributed by atoms with Crippen LogP contribution in [0.3, 0.4) is 0 Å². The molecule has 0 spiro atoms. The first-order chi connectivity index (χ1) is 8.94. The van der Waals surface area contributed by atoms with E-state index < -0.39 is 0 Å². The average molecular weight is 273 g/mol. The highest BCUT2D eigenvalue weighted by Gasteiger charge is 2.07. The summed E-state index contributed by atoms with van der Waals surface area (Å²) in [5.74, 6) is 0.0358. The number of aromatic nitrogens is 3. The van der Waals surface area contributed by atoms with Gasteiger partial charge in [-0.05, 0) is 50.7 Å². The number of nitrogens with two attached hydrogens (primary N) is 1. The summed E-state index contributed by atoms with van der Waals surface area (Å²) >= 11 is 1.38. The van der Waals surface area contributed by atoms with Crippen molar-refractivity contribution in [2.45, 2.75) is 31.0 Å². The Kier molecular flexibility index (Phi) is 3.80. The predicted molar refractivity (Wildman–Crippen MR) is 75.6 cm³/mol. The van der Waals surface area contributed by atoms with Crippen LogP contribution in [0, 0.1) is 26.2 Å². The van der Waals surface area contributed by atoms with E-state index in [2.05, 4.69) is 15.0 Å². The molecule has 2 aromatic rings. The van der Waals surface area contributed by atoms with E-state index in [4.69, 9.17) is 11.1 Å². The average Bonchev–Trinajstić information content (AvgIpc) is 2.26. The summed E-state index contributed by atoms with van der Waals surface area (Å²) in [4.78, 5) is 13.1. The Morgan fingerprint density at radius 3 is 2.16 bits per heavy atom. The van der Waals surface area contributed by atoms with Gasteiger partial charge in [0, 0.05) is 22.6 Å². The molecule has 0 radical (unpaired) electrons. The molecule has 0 saturated heterocycles. The fourth-order valence-corrected chi connectivity index (χ4v) is 2.62. The number of rotatable bonds is 3. The first-order valence-electron chi connectivity index (χ1n) is 5.77. The quantitative estimate of drug-likeness (QED) is 0.508. The second-order valence-corrected chi connectivity index (χ2v) is 5.27. The van der Waals surface area contributed by atoms with Gasteiger partial charge >= 0.3 is 0 Å². The van der Waals surface area contributed by atoms with Crippen molar-refractivity contribution in [3.8, 4) is 0 Å². The number of amidine groups is 1. The van der Waals surface area contributed by atoms with Gasteiger partial charge in [0.15, 0.2) is 5.16 Å². The molecule has 19 heavy (non-hydrogen) atoms. The molecule has 0 unspecified atom stereocenters. The van der Waals surface area contributed by atoms with E-state index in [0.717, 1.165) is 22.1 Å². The summed E-state index contributed by atoms with van der Waals surface area (Å²) in [5, 5.41) is 8.89. The number of nitrogens with one attached hydrogen (secondary N) is 1. The fraction of sp³-hybridized carbons (Fsp3) is 0.231. The Morgan fingerprint density at radius 1 is 1.00 bits per heavy atom.